The summed E-state index contributed by atoms with van der Waals surface area (Å²) in [4.78, 5) is 10.6. The number of halogens is 1. The molecule has 0 bridgehead atoms. The molecule has 1 aliphatic heterocycles. The number of cyclic esters (lactones) is 1. The van der Waals surface area contributed by atoms with Crippen molar-refractivity contribution in [3.63, 3.8) is 0 Å². The van der Waals surface area contributed by atoms with E-state index < -0.39 is 11.7 Å². The Bertz CT molecular complexity index is 159. The summed E-state index contributed by atoms with van der Waals surface area (Å²) >= 11 is 2.09. The lowest BCUT2D eigenvalue weighted by Crippen LogP contribution is -2.37. The van der Waals surface area contributed by atoms with Crippen molar-refractivity contribution in [2.24, 2.45) is 0 Å². The van der Waals surface area contributed by atoms with Crippen molar-refractivity contribution in [2.75, 3.05) is 4.43 Å². The first-order valence-electron chi connectivity index (χ1n) is 3.04. The molecule has 1 fully saturated rings. The highest BCUT2D eigenvalue weighted by molar-refractivity contribution is 14.1. The second-order valence-corrected chi connectivity index (χ2v) is 3.40. The third-order valence-corrected chi connectivity index (χ3v) is 3.19. The molecule has 0 amide bonds. The van der Waals surface area contributed by atoms with Gasteiger partial charge in [-0.3, -0.25) is 4.79 Å². The van der Waals surface area contributed by atoms with Crippen molar-refractivity contribution in [1.29, 1.82) is 0 Å². The molecule has 1 saturated heterocycles. The summed E-state index contributed by atoms with van der Waals surface area (Å²) in [5.74, 6) is -0.299. The smallest absolute Gasteiger partial charge is 0.309 e. The molecule has 4 heteroatoms. The van der Waals surface area contributed by atoms with Crippen molar-refractivity contribution in [1.82, 2.24) is 0 Å². The van der Waals surface area contributed by atoms with E-state index in [1.165, 1.54) is 0 Å². The molecule has 0 spiro atoms. The van der Waals surface area contributed by atoms with Gasteiger partial charge in [0, 0.05) is 4.43 Å². The van der Waals surface area contributed by atoms with E-state index in [2.05, 4.69) is 22.6 Å². The van der Waals surface area contributed by atoms with Crippen LogP contribution in [0.4, 0.5) is 0 Å². The number of carbonyl (C=O) groups excluding carboxylic acids is 1. The normalized spacial score (nSPS) is 39.9. The number of ether oxygens (including phenoxy) is 1. The fourth-order valence-electron chi connectivity index (χ4n) is 0.860. The van der Waals surface area contributed by atoms with Crippen LogP contribution in [0, 0.1) is 0 Å². The molecule has 10 heavy (non-hydrogen) atoms. The molecule has 1 aliphatic rings. The molecule has 0 aromatic carbocycles. The Hall–Kier alpha value is 0.160. The van der Waals surface area contributed by atoms with E-state index in [1.54, 1.807) is 6.92 Å². The molecular formula is C6H9IO3. The number of hydrogen-bond acceptors (Lipinski definition) is 3. The maximum absolute atomic E-state index is 10.6. The third-order valence-electron chi connectivity index (χ3n) is 1.68. The minimum Gasteiger partial charge on any atom is -0.456 e. The van der Waals surface area contributed by atoms with E-state index >= 15 is 0 Å². The summed E-state index contributed by atoms with van der Waals surface area (Å²) in [5.41, 5.74) is -0.641. The number of carbonyl (C=O) groups is 1. The van der Waals surface area contributed by atoms with Crippen molar-refractivity contribution in [2.45, 2.75) is 25.0 Å². The second-order valence-electron chi connectivity index (χ2n) is 2.64. The fraction of sp³-hybridized carbons (Fsp3) is 0.833. The number of rotatable bonds is 1. The molecule has 0 radical (unpaired) electrons. The monoisotopic (exact) mass is 256 g/mol. The zero-order valence-electron chi connectivity index (χ0n) is 5.63. The SMILES string of the molecule is C[C@@]1(CI)OC(=O)C[C@H]1O. The van der Waals surface area contributed by atoms with E-state index in [4.69, 9.17) is 4.74 Å². The molecule has 1 heterocycles. The average Bonchev–Trinajstić information content (AvgIpc) is 2.09. The molecule has 0 unspecified atom stereocenters. The van der Waals surface area contributed by atoms with Gasteiger partial charge in [-0.15, -0.1) is 0 Å². The van der Waals surface area contributed by atoms with Crippen molar-refractivity contribution in [3.05, 3.63) is 0 Å². The first kappa shape index (κ1) is 8.26. The molecule has 0 aliphatic carbocycles. The molecular weight excluding hydrogens is 247 g/mol. The van der Waals surface area contributed by atoms with Gasteiger partial charge in [0.25, 0.3) is 0 Å². The Morgan fingerprint density at radius 1 is 2.00 bits per heavy atom. The minimum atomic E-state index is -0.641. The Balaban J connectivity index is 2.70. The average molecular weight is 256 g/mol. The van der Waals surface area contributed by atoms with Gasteiger partial charge in [0.15, 0.2) is 0 Å². The lowest BCUT2D eigenvalue weighted by atomic mass is 10.0. The van der Waals surface area contributed by atoms with Gasteiger partial charge in [-0.2, -0.15) is 0 Å². The minimum absolute atomic E-state index is 0.138. The van der Waals surface area contributed by atoms with Crippen LogP contribution in [0.2, 0.25) is 0 Å². The molecule has 58 valence electrons. The summed E-state index contributed by atoms with van der Waals surface area (Å²) in [5, 5.41) is 9.27. The zero-order valence-corrected chi connectivity index (χ0v) is 7.79. The zero-order chi connectivity index (χ0) is 7.78. The molecule has 1 N–H and O–H groups in total. The summed E-state index contributed by atoms with van der Waals surface area (Å²) in [6.45, 7) is 1.75. The predicted molar refractivity (Wildman–Crippen MR) is 44.0 cm³/mol. The fourth-order valence-corrected chi connectivity index (χ4v) is 1.52. The Morgan fingerprint density at radius 2 is 2.60 bits per heavy atom. The van der Waals surface area contributed by atoms with E-state index in [0.717, 1.165) is 0 Å². The molecule has 2 atom stereocenters. The van der Waals surface area contributed by atoms with Gasteiger partial charge in [0.2, 0.25) is 0 Å². The highest BCUT2D eigenvalue weighted by Gasteiger charge is 2.43. The van der Waals surface area contributed by atoms with Crippen LogP contribution >= 0.6 is 22.6 Å². The Labute approximate surface area is 72.9 Å². The summed E-state index contributed by atoms with van der Waals surface area (Å²) in [6, 6.07) is 0. The number of hydrogen-bond donors (Lipinski definition) is 1. The third kappa shape index (κ3) is 1.27. The molecule has 1 rings (SSSR count). The number of aliphatic hydroxyl groups excluding tert-OH is 1. The van der Waals surface area contributed by atoms with Gasteiger partial charge in [0.1, 0.15) is 11.7 Å². The van der Waals surface area contributed by atoms with Crippen LogP contribution in [0.1, 0.15) is 13.3 Å². The lowest BCUT2D eigenvalue weighted by Gasteiger charge is -2.22. The van der Waals surface area contributed by atoms with Crippen molar-refractivity contribution in [3.8, 4) is 0 Å². The van der Waals surface area contributed by atoms with Gasteiger partial charge in [-0.1, -0.05) is 22.6 Å². The van der Waals surface area contributed by atoms with Gasteiger partial charge < -0.3 is 9.84 Å². The number of aliphatic hydroxyl groups is 1. The van der Waals surface area contributed by atoms with E-state index in [1.807, 2.05) is 0 Å². The van der Waals surface area contributed by atoms with Crippen molar-refractivity contribution >= 4 is 28.6 Å². The molecule has 0 aromatic heterocycles. The number of alkyl halides is 1. The topological polar surface area (TPSA) is 46.5 Å². The van der Waals surface area contributed by atoms with Gasteiger partial charge >= 0.3 is 5.97 Å². The van der Waals surface area contributed by atoms with Crippen LogP contribution in [0.25, 0.3) is 0 Å². The summed E-state index contributed by atoms with van der Waals surface area (Å²) in [6.07, 6.45) is -0.489. The largest absolute Gasteiger partial charge is 0.456 e. The first-order valence-corrected chi connectivity index (χ1v) is 4.57. The maximum Gasteiger partial charge on any atom is 0.309 e. The van der Waals surface area contributed by atoms with Gasteiger partial charge in [0.05, 0.1) is 6.42 Å². The van der Waals surface area contributed by atoms with Crippen molar-refractivity contribution < 1.29 is 14.6 Å². The predicted octanol–water partition coefficient (Wildman–Crippen LogP) is 0.488. The van der Waals surface area contributed by atoms with Crippen LogP contribution in [0.5, 0.6) is 0 Å². The van der Waals surface area contributed by atoms with E-state index in [9.17, 15) is 9.90 Å². The summed E-state index contributed by atoms with van der Waals surface area (Å²) in [7, 11) is 0. The van der Waals surface area contributed by atoms with Crippen LogP contribution in [-0.2, 0) is 9.53 Å². The number of esters is 1. The van der Waals surface area contributed by atoms with E-state index in [-0.39, 0.29) is 12.4 Å². The van der Waals surface area contributed by atoms with E-state index in [0.29, 0.717) is 4.43 Å². The Kier molecular flexibility index (Phi) is 2.19. The van der Waals surface area contributed by atoms with Gasteiger partial charge in [-0.05, 0) is 6.92 Å². The summed E-state index contributed by atoms with van der Waals surface area (Å²) < 4.78 is 5.55. The molecule has 3 nitrogen and oxygen atoms in total. The van der Waals surface area contributed by atoms with Crippen LogP contribution < -0.4 is 0 Å². The molecule has 0 saturated carbocycles. The highest BCUT2D eigenvalue weighted by Crippen LogP contribution is 2.28. The molecule has 0 aromatic rings. The highest BCUT2D eigenvalue weighted by atomic mass is 127. The Morgan fingerprint density at radius 3 is 2.80 bits per heavy atom. The second kappa shape index (κ2) is 2.65. The lowest BCUT2D eigenvalue weighted by molar-refractivity contribution is -0.146. The first-order chi connectivity index (χ1) is 4.58. The standard InChI is InChI=1S/C6H9IO3/c1-6(3-7)4(8)2-5(9)10-6/h4,8H,2-3H2,1H3/t4-,6+/m1/s1. The quantitative estimate of drug-likeness (QED) is 0.422. The van der Waals surface area contributed by atoms with Crippen LogP contribution in [0.3, 0.4) is 0 Å². The van der Waals surface area contributed by atoms with Gasteiger partial charge in [-0.25, -0.2) is 0 Å². The maximum atomic E-state index is 10.6. The van der Waals surface area contributed by atoms with Crippen LogP contribution in [0.15, 0.2) is 0 Å². The van der Waals surface area contributed by atoms with Crippen LogP contribution in [-0.4, -0.2) is 27.2 Å².